The van der Waals surface area contributed by atoms with Gasteiger partial charge in [-0.1, -0.05) is 104 Å². The van der Waals surface area contributed by atoms with Gasteiger partial charge in [0.2, 0.25) is 5.91 Å². The van der Waals surface area contributed by atoms with E-state index in [-0.39, 0.29) is 18.2 Å². The van der Waals surface area contributed by atoms with E-state index in [1.54, 1.807) is 55.5 Å². The lowest BCUT2D eigenvalue weighted by molar-refractivity contribution is -0.116. The van der Waals surface area contributed by atoms with E-state index >= 15 is 0 Å². The molecule has 10 nitrogen and oxygen atoms in total. The van der Waals surface area contributed by atoms with Crippen molar-refractivity contribution in [1.29, 1.82) is 0 Å². The van der Waals surface area contributed by atoms with Gasteiger partial charge in [-0.05, 0) is 90.6 Å². The Morgan fingerprint density at radius 2 is 1.50 bits per heavy atom. The highest BCUT2D eigenvalue weighted by atomic mass is 32.2. The van der Waals surface area contributed by atoms with Crippen molar-refractivity contribution in [1.82, 2.24) is 10.2 Å². The Morgan fingerprint density at radius 3 is 2.19 bits per heavy atom. The fourth-order valence-electron chi connectivity index (χ4n) is 6.97. The van der Waals surface area contributed by atoms with Crippen LogP contribution in [-0.4, -0.2) is 47.0 Å². The number of amides is 3. The number of rotatable bonds is 17. The molecule has 7 rings (SSSR count). The van der Waals surface area contributed by atoms with Crippen molar-refractivity contribution in [3.05, 3.63) is 183 Å². The molecule has 12 heteroatoms. The van der Waals surface area contributed by atoms with Gasteiger partial charge in [0.1, 0.15) is 23.1 Å². The van der Waals surface area contributed by atoms with Gasteiger partial charge >= 0.3 is 5.97 Å². The number of ether oxygens (including phenoxy) is 2. The molecule has 3 N–H and O–H groups in total. The van der Waals surface area contributed by atoms with Gasteiger partial charge in [-0.3, -0.25) is 19.3 Å². The van der Waals surface area contributed by atoms with E-state index in [0.717, 1.165) is 34.0 Å². The topological polar surface area (TPSA) is 126 Å². The minimum Gasteiger partial charge on any atom is -0.489 e. The summed E-state index contributed by atoms with van der Waals surface area (Å²) >= 11 is 2.80. The van der Waals surface area contributed by atoms with Crippen molar-refractivity contribution in [2.75, 3.05) is 23.8 Å². The summed E-state index contributed by atoms with van der Waals surface area (Å²) in [6, 6.07) is 43.3. The fraction of sp³-hybridized carbons (Fsp3) is 0.200. The molecule has 0 radical (unpaired) electrons. The van der Waals surface area contributed by atoms with Crippen LogP contribution in [-0.2, 0) is 40.4 Å². The predicted molar refractivity (Wildman–Crippen MR) is 247 cm³/mol. The average molecular weight is 865 g/mol. The van der Waals surface area contributed by atoms with Gasteiger partial charge in [0, 0.05) is 40.7 Å². The number of benzene rings is 5. The van der Waals surface area contributed by atoms with Crippen molar-refractivity contribution >= 4 is 63.6 Å². The number of fused-ring (bicyclic) bond motifs is 1. The molecule has 0 bridgehead atoms. The Bertz CT molecular complexity index is 2510. The third-order valence-corrected chi connectivity index (χ3v) is 12.6. The van der Waals surface area contributed by atoms with Crippen molar-refractivity contribution in [2.24, 2.45) is 0 Å². The van der Waals surface area contributed by atoms with Gasteiger partial charge in [-0.25, -0.2) is 4.79 Å². The average Bonchev–Trinajstić information content (AvgIpc) is 3.65. The van der Waals surface area contributed by atoms with Crippen molar-refractivity contribution in [3.63, 3.8) is 0 Å². The monoisotopic (exact) mass is 864 g/mol. The second-order valence-electron chi connectivity index (χ2n) is 14.6. The van der Waals surface area contributed by atoms with E-state index in [1.165, 1.54) is 28.7 Å². The van der Waals surface area contributed by atoms with Crippen LogP contribution in [0.3, 0.4) is 0 Å². The summed E-state index contributed by atoms with van der Waals surface area (Å²) in [5, 5.41) is 8.82. The molecule has 62 heavy (non-hydrogen) atoms. The standard InChI is InChI=1S/C50H48N4O6S2/c1-3-43(48(57)53-49-45(50(58)59-4-2)41-27-28-54(32-44(41)62-49)31-35-15-8-5-9-16-35)61-40-22-14-21-38(30-40)51-47(56)42(52-46(55)37-19-12-7-13-20-37)29-34-23-25-39(26-24-34)60-33-36-17-10-6-11-18-36/h5-26,29-30,43H,3-4,27-28,31-33H2,1-2H3,(H,51,56)(H,52,55)(H,53,57)/b42-29-. The second kappa shape index (κ2) is 21.4. The van der Waals surface area contributed by atoms with Gasteiger partial charge in [-0.2, -0.15) is 0 Å². The molecule has 2 heterocycles. The minimum absolute atomic E-state index is 0.0416. The molecule has 0 saturated heterocycles. The smallest absolute Gasteiger partial charge is 0.341 e. The Morgan fingerprint density at radius 1 is 0.806 bits per heavy atom. The third-order valence-electron chi connectivity index (χ3n) is 10.1. The molecular weight excluding hydrogens is 817 g/mol. The first-order chi connectivity index (χ1) is 30.3. The number of thioether (sulfide) groups is 1. The largest absolute Gasteiger partial charge is 0.489 e. The first kappa shape index (κ1) is 43.6. The number of carbonyl (C=O) groups excluding carboxylic acids is 4. The van der Waals surface area contributed by atoms with Crippen LogP contribution < -0.4 is 20.7 Å². The zero-order valence-corrected chi connectivity index (χ0v) is 36.2. The van der Waals surface area contributed by atoms with Crippen LogP contribution in [0, 0.1) is 0 Å². The predicted octanol–water partition coefficient (Wildman–Crippen LogP) is 9.98. The van der Waals surface area contributed by atoms with Crippen LogP contribution in [0.4, 0.5) is 10.7 Å². The second-order valence-corrected chi connectivity index (χ2v) is 17.0. The molecule has 0 aliphatic carbocycles. The molecule has 1 atom stereocenters. The van der Waals surface area contributed by atoms with E-state index in [0.29, 0.717) is 59.1 Å². The maximum atomic E-state index is 14.0. The van der Waals surface area contributed by atoms with Crippen LogP contribution in [0.2, 0.25) is 0 Å². The highest BCUT2D eigenvalue weighted by Crippen LogP contribution is 2.39. The summed E-state index contributed by atoms with van der Waals surface area (Å²) < 4.78 is 11.4. The Labute approximate surface area is 370 Å². The maximum absolute atomic E-state index is 14.0. The van der Waals surface area contributed by atoms with Crippen LogP contribution in [0.5, 0.6) is 5.75 Å². The molecule has 0 saturated carbocycles. The van der Waals surface area contributed by atoms with Crippen molar-refractivity contribution in [2.45, 2.75) is 56.5 Å². The number of hydrogen-bond donors (Lipinski definition) is 3. The lowest BCUT2D eigenvalue weighted by Crippen LogP contribution is -2.30. The summed E-state index contributed by atoms with van der Waals surface area (Å²) in [6.45, 7) is 6.60. The summed E-state index contributed by atoms with van der Waals surface area (Å²) in [4.78, 5) is 58.6. The number of nitrogens with one attached hydrogen (secondary N) is 3. The number of carbonyl (C=O) groups is 4. The van der Waals surface area contributed by atoms with Crippen LogP contribution in [0.1, 0.15) is 68.1 Å². The molecule has 1 unspecified atom stereocenters. The van der Waals surface area contributed by atoms with Gasteiger partial charge < -0.3 is 25.4 Å². The lowest BCUT2D eigenvalue weighted by Gasteiger charge is -2.27. The molecule has 1 aliphatic heterocycles. The van der Waals surface area contributed by atoms with Crippen LogP contribution in [0.15, 0.2) is 150 Å². The van der Waals surface area contributed by atoms with E-state index in [1.807, 2.05) is 91.9 Å². The fourth-order valence-corrected chi connectivity index (χ4v) is 9.27. The van der Waals surface area contributed by atoms with Gasteiger partial charge in [0.15, 0.2) is 0 Å². The first-order valence-electron chi connectivity index (χ1n) is 20.6. The third kappa shape index (κ3) is 11.7. The Hall–Kier alpha value is -6.47. The van der Waals surface area contributed by atoms with E-state index in [4.69, 9.17) is 9.47 Å². The molecule has 5 aromatic carbocycles. The summed E-state index contributed by atoms with van der Waals surface area (Å²) in [5.74, 6) is -0.959. The maximum Gasteiger partial charge on any atom is 0.341 e. The number of esters is 1. The molecule has 1 aromatic heterocycles. The summed E-state index contributed by atoms with van der Waals surface area (Å²) in [7, 11) is 0. The first-order valence-corrected chi connectivity index (χ1v) is 22.3. The van der Waals surface area contributed by atoms with Crippen LogP contribution in [0.25, 0.3) is 6.08 Å². The Balaban J connectivity index is 1.04. The molecule has 0 spiro atoms. The number of anilines is 2. The minimum atomic E-state index is -0.527. The van der Waals surface area contributed by atoms with Crippen LogP contribution >= 0.6 is 23.1 Å². The molecule has 3 amide bonds. The molecule has 6 aromatic rings. The van der Waals surface area contributed by atoms with E-state index in [2.05, 4.69) is 33.0 Å². The molecular formula is C50H48N4O6S2. The highest BCUT2D eigenvalue weighted by Gasteiger charge is 2.31. The van der Waals surface area contributed by atoms with Crippen molar-refractivity contribution in [3.8, 4) is 5.75 Å². The SMILES string of the molecule is CCOC(=O)c1c(NC(=O)C(CC)Sc2cccc(NC(=O)/C(=C/c3ccc(OCc4ccccc4)cc3)NC(=O)c3ccccc3)c2)sc2c1CCN(Cc1ccccc1)C2. The lowest BCUT2D eigenvalue weighted by atomic mass is 10.0. The Kier molecular flexibility index (Phi) is 15.0. The van der Waals surface area contributed by atoms with E-state index in [9.17, 15) is 19.2 Å². The zero-order valence-electron chi connectivity index (χ0n) is 34.6. The number of nitrogens with zero attached hydrogens (tertiary/aromatic N) is 1. The quantitative estimate of drug-likeness (QED) is 0.0470. The summed E-state index contributed by atoms with van der Waals surface area (Å²) in [6.07, 6.45) is 2.80. The highest BCUT2D eigenvalue weighted by molar-refractivity contribution is 8.00. The number of thiophene rings is 1. The summed E-state index contributed by atoms with van der Waals surface area (Å²) in [5.41, 5.74) is 5.25. The molecule has 0 fully saturated rings. The molecule has 316 valence electrons. The van der Waals surface area contributed by atoms with Crippen molar-refractivity contribution < 1.29 is 28.7 Å². The van der Waals surface area contributed by atoms with Gasteiger partial charge in [-0.15, -0.1) is 23.1 Å². The zero-order chi connectivity index (χ0) is 43.3. The van der Waals surface area contributed by atoms with E-state index < -0.39 is 23.0 Å². The molecule has 1 aliphatic rings. The van der Waals surface area contributed by atoms with Gasteiger partial charge in [0.25, 0.3) is 11.8 Å². The van der Waals surface area contributed by atoms with Gasteiger partial charge in [0.05, 0.1) is 17.4 Å². The normalized spacial score (nSPS) is 13.0. The number of hydrogen-bond acceptors (Lipinski definition) is 9.